The Kier molecular flexibility index (Phi) is 6.63. The van der Waals surface area contributed by atoms with Gasteiger partial charge in [0.15, 0.2) is 11.6 Å². The molecule has 5 nitrogen and oxygen atoms in total. The molecular weight excluding hydrogens is 581 g/mol. The molecule has 3 rings (SSSR count). The molecule has 0 bridgehead atoms. The summed E-state index contributed by atoms with van der Waals surface area (Å²) in [6, 6.07) is 5.79. The van der Waals surface area contributed by atoms with Crippen molar-refractivity contribution in [2.75, 3.05) is 11.9 Å². The van der Waals surface area contributed by atoms with Crippen molar-refractivity contribution < 1.29 is 22.0 Å². The maximum Gasteiger partial charge on any atom is 0.264 e. The summed E-state index contributed by atoms with van der Waals surface area (Å²) in [5.41, 5.74) is -0.339. The molecule has 1 saturated carbocycles. The van der Waals surface area contributed by atoms with E-state index in [0.29, 0.717) is 5.92 Å². The fourth-order valence-electron chi connectivity index (χ4n) is 2.19. The number of halogens is 5. The molecule has 0 heterocycles. The van der Waals surface area contributed by atoms with Crippen LogP contribution in [0.3, 0.4) is 0 Å². The molecule has 2 aromatic rings. The van der Waals surface area contributed by atoms with Gasteiger partial charge in [0.2, 0.25) is 0 Å². The Morgan fingerprint density at radius 3 is 2.59 bits per heavy atom. The van der Waals surface area contributed by atoms with Crippen molar-refractivity contribution in [1.29, 1.82) is 0 Å². The number of hydrogen-bond acceptors (Lipinski definition) is 4. The quantitative estimate of drug-likeness (QED) is 0.258. The second-order valence-electron chi connectivity index (χ2n) is 5.95. The van der Waals surface area contributed by atoms with Gasteiger partial charge in [-0.25, -0.2) is 17.2 Å². The molecule has 0 spiro atoms. The normalized spacial score (nSPS) is 14.4. The van der Waals surface area contributed by atoms with Gasteiger partial charge in [-0.15, -0.1) is 0 Å². The Morgan fingerprint density at radius 2 is 1.96 bits per heavy atom. The van der Waals surface area contributed by atoms with E-state index in [1.807, 2.05) is 27.5 Å². The van der Waals surface area contributed by atoms with E-state index in [4.69, 9.17) is 16.4 Å². The summed E-state index contributed by atoms with van der Waals surface area (Å²) in [5.74, 6) is -2.27. The van der Waals surface area contributed by atoms with Gasteiger partial charge in [-0.1, -0.05) is 16.5 Å². The highest BCUT2D eigenvalue weighted by Crippen LogP contribution is 2.36. The second kappa shape index (κ2) is 8.46. The lowest BCUT2D eigenvalue weighted by molar-refractivity contribution is 0.0844. The molecule has 1 fully saturated rings. The smallest absolute Gasteiger partial charge is 0.264 e. The molecule has 0 unspecified atom stereocenters. The topological polar surface area (TPSA) is 67.4 Å². The zero-order valence-corrected chi connectivity index (χ0v) is 18.8. The lowest BCUT2D eigenvalue weighted by atomic mass is 10.2. The van der Waals surface area contributed by atoms with E-state index in [0.717, 1.165) is 22.5 Å². The van der Waals surface area contributed by atoms with Crippen molar-refractivity contribution >= 4 is 71.5 Å². The van der Waals surface area contributed by atoms with Gasteiger partial charge in [0, 0.05) is 3.57 Å². The van der Waals surface area contributed by atoms with E-state index in [9.17, 15) is 17.2 Å². The van der Waals surface area contributed by atoms with E-state index in [1.165, 1.54) is 6.07 Å². The van der Waals surface area contributed by atoms with Crippen LogP contribution in [0.2, 0.25) is 5.02 Å². The molecule has 1 aliphatic carbocycles. The Labute approximate surface area is 182 Å². The molecule has 11 heteroatoms. The van der Waals surface area contributed by atoms with Crippen LogP contribution in [0.4, 0.5) is 20.2 Å². The van der Waals surface area contributed by atoms with Crippen molar-refractivity contribution in [3.05, 3.63) is 49.0 Å². The Hall–Kier alpha value is -0.530. The van der Waals surface area contributed by atoms with Crippen LogP contribution in [0.1, 0.15) is 12.8 Å². The summed E-state index contributed by atoms with van der Waals surface area (Å²) in [5, 5.41) is 2.80. The molecule has 0 atom stereocenters. The maximum atomic E-state index is 14.6. The van der Waals surface area contributed by atoms with E-state index >= 15 is 0 Å². The third-order valence-electron chi connectivity index (χ3n) is 3.79. The second-order valence-corrected chi connectivity index (χ2v) is 10.1. The van der Waals surface area contributed by atoms with Gasteiger partial charge in [0.05, 0.1) is 27.5 Å². The van der Waals surface area contributed by atoms with Crippen LogP contribution < -0.4 is 10.2 Å². The number of benzene rings is 2. The van der Waals surface area contributed by atoms with Crippen LogP contribution in [0.15, 0.2) is 33.6 Å². The lowest BCUT2D eigenvalue weighted by Crippen LogP contribution is -2.26. The number of rotatable bonds is 7. The molecule has 27 heavy (non-hydrogen) atoms. The van der Waals surface area contributed by atoms with Crippen molar-refractivity contribution in [1.82, 2.24) is 4.89 Å². The highest BCUT2D eigenvalue weighted by atomic mass is 127. The van der Waals surface area contributed by atoms with Crippen molar-refractivity contribution in [2.45, 2.75) is 17.7 Å². The lowest BCUT2D eigenvalue weighted by Gasteiger charge is -2.16. The van der Waals surface area contributed by atoms with Crippen LogP contribution in [-0.4, -0.2) is 15.0 Å². The molecule has 0 saturated heterocycles. The van der Waals surface area contributed by atoms with Gasteiger partial charge in [-0.2, -0.15) is 0 Å². The van der Waals surface area contributed by atoms with Gasteiger partial charge < -0.3 is 5.32 Å². The molecule has 146 valence electrons. The molecule has 1 aliphatic rings. The first-order chi connectivity index (χ1) is 12.7. The molecule has 0 radical (unpaired) electrons. The highest BCUT2D eigenvalue weighted by molar-refractivity contribution is 14.1. The van der Waals surface area contributed by atoms with Crippen LogP contribution >= 0.6 is 50.1 Å². The fourth-order valence-corrected chi connectivity index (χ4v) is 4.64. The zero-order chi connectivity index (χ0) is 19.8. The SMILES string of the molecule is O=S(=O)(NOCC1CC1)c1cc(Br)c(F)c(F)c1Nc1ccc(I)cc1Cl. The molecule has 0 aliphatic heterocycles. The van der Waals surface area contributed by atoms with Gasteiger partial charge in [0.25, 0.3) is 10.0 Å². The Bertz CT molecular complexity index is 990. The minimum absolute atomic E-state index is 0.218. The van der Waals surface area contributed by atoms with Gasteiger partial charge >= 0.3 is 0 Å². The molecule has 0 amide bonds. The number of sulfonamides is 1. The summed E-state index contributed by atoms with van der Waals surface area (Å²) in [4.78, 5) is 6.45. The largest absolute Gasteiger partial charge is 0.351 e. The standard InChI is InChI=1S/C16H13BrClF2IN2O3S/c17-10-6-13(27(24,25)23-26-7-8-1-2-8)16(15(20)14(10)19)22-12-4-3-9(21)5-11(12)18/h3-6,8,22-23H,1-2,7H2. The summed E-state index contributed by atoms with van der Waals surface area (Å²) in [7, 11) is -4.28. The first-order valence-corrected chi connectivity index (χ1v) is 11.5. The van der Waals surface area contributed by atoms with E-state index in [2.05, 4.69) is 21.2 Å². The van der Waals surface area contributed by atoms with Crippen molar-refractivity contribution in [2.24, 2.45) is 5.92 Å². The number of hydrogen-bond donors (Lipinski definition) is 2. The van der Waals surface area contributed by atoms with E-state index in [-0.39, 0.29) is 21.8 Å². The average Bonchev–Trinajstić information content (AvgIpc) is 3.41. The summed E-state index contributed by atoms with van der Waals surface area (Å²) < 4.78 is 54.3. The Balaban J connectivity index is 1.99. The van der Waals surface area contributed by atoms with Crippen molar-refractivity contribution in [3.63, 3.8) is 0 Å². The molecule has 0 aromatic heterocycles. The van der Waals surface area contributed by atoms with Gasteiger partial charge in [0.1, 0.15) is 4.90 Å². The summed E-state index contributed by atoms with van der Waals surface area (Å²) >= 11 is 11.0. The predicted molar refractivity (Wildman–Crippen MR) is 111 cm³/mol. The Morgan fingerprint density at radius 1 is 1.26 bits per heavy atom. The summed E-state index contributed by atoms with van der Waals surface area (Å²) in [6.07, 6.45) is 1.94. The fraction of sp³-hybridized carbons (Fsp3) is 0.250. The van der Waals surface area contributed by atoms with Crippen LogP contribution in [0, 0.1) is 21.1 Å². The number of nitrogens with one attached hydrogen (secondary N) is 2. The first-order valence-electron chi connectivity index (χ1n) is 7.72. The summed E-state index contributed by atoms with van der Waals surface area (Å²) in [6.45, 7) is 0.218. The predicted octanol–water partition coefficient (Wildman–Crippen LogP) is 5.35. The first kappa shape index (κ1) is 21.2. The van der Waals surface area contributed by atoms with E-state index < -0.39 is 32.2 Å². The maximum absolute atomic E-state index is 14.6. The zero-order valence-electron chi connectivity index (χ0n) is 13.5. The minimum atomic E-state index is -4.28. The third kappa shape index (κ3) is 5.10. The van der Waals surface area contributed by atoms with Gasteiger partial charge in [-0.05, 0) is 81.5 Å². The van der Waals surface area contributed by atoms with Crippen LogP contribution in [0.5, 0.6) is 0 Å². The van der Waals surface area contributed by atoms with Crippen LogP contribution in [-0.2, 0) is 14.9 Å². The molecule has 2 aromatic carbocycles. The van der Waals surface area contributed by atoms with Gasteiger partial charge in [-0.3, -0.25) is 4.84 Å². The minimum Gasteiger partial charge on any atom is -0.351 e. The molecular formula is C16H13BrClF2IN2O3S. The van der Waals surface area contributed by atoms with E-state index in [1.54, 1.807) is 12.1 Å². The van der Waals surface area contributed by atoms with Crippen molar-refractivity contribution in [3.8, 4) is 0 Å². The monoisotopic (exact) mass is 592 g/mol. The average molecular weight is 594 g/mol. The third-order valence-corrected chi connectivity index (χ3v) is 6.59. The number of anilines is 2. The highest BCUT2D eigenvalue weighted by Gasteiger charge is 2.28. The van der Waals surface area contributed by atoms with Crippen LogP contribution in [0.25, 0.3) is 0 Å². The molecule has 2 N–H and O–H groups in total.